The van der Waals surface area contributed by atoms with Crippen molar-refractivity contribution >= 4 is 31.6 Å². The molecular formula is C21H29N3O6S2. The number of unbranched alkanes of at least 4 members (excludes halogenated alkanes) is 1. The van der Waals surface area contributed by atoms with Crippen LogP contribution in [0.15, 0.2) is 52.3 Å². The van der Waals surface area contributed by atoms with Crippen LogP contribution in [0, 0.1) is 6.92 Å². The van der Waals surface area contributed by atoms with Crippen molar-refractivity contribution in [2.75, 3.05) is 32.6 Å². The van der Waals surface area contributed by atoms with Gasteiger partial charge in [0.2, 0.25) is 20.0 Å². The van der Waals surface area contributed by atoms with Crippen LogP contribution in [-0.4, -0.2) is 54.3 Å². The number of aryl methyl sites for hydroxylation is 1. The van der Waals surface area contributed by atoms with Gasteiger partial charge in [-0.05, 0) is 55.3 Å². The third kappa shape index (κ3) is 6.76. The minimum atomic E-state index is -3.63. The molecule has 0 bridgehead atoms. The summed E-state index contributed by atoms with van der Waals surface area (Å²) in [6, 6.07) is 10.2. The Morgan fingerprint density at radius 3 is 2.22 bits per heavy atom. The predicted molar refractivity (Wildman–Crippen MR) is 123 cm³/mol. The van der Waals surface area contributed by atoms with Crippen molar-refractivity contribution in [1.29, 1.82) is 0 Å². The van der Waals surface area contributed by atoms with Crippen molar-refractivity contribution in [2.24, 2.45) is 0 Å². The smallest absolute Gasteiger partial charge is 0.262 e. The van der Waals surface area contributed by atoms with Crippen molar-refractivity contribution in [1.82, 2.24) is 9.03 Å². The number of carbonyl (C=O) groups excluding carboxylic acids is 1. The minimum absolute atomic E-state index is 0.0636. The zero-order chi connectivity index (χ0) is 23.9. The normalized spacial score (nSPS) is 12.0. The maximum atomic E-state index is 12.3. The van der Waals surface area contributed by atoms with E-state index in [1.54, 1.807) is 13.0 Å². The summed E-state index contributed by atoms with van der Waals surface area (Å²) in [6.45, 7) is 3.76. The molecule has 1 amide bonds. The first kappa shape index (κ1) is 25.8. The van der Waals surface area contributed by atoms with E-state index in [0.717, 1.165) is 17.1 Å². The van der Waals surface area contributed by atoms with E-state index in [2.05, 4.69) is 10.0 Å². The Labute approximate surface area is 189 Å². The molecular weight excluding hydrogens is 454 g/mol. The highest BCUT2D eigenvalue weighted by atomic mass is 32.2. The maximum absolute atomic E-state index is 12.3. The Hall–Kier alpha value is -2.47. The average molecular weight is 484 g/mol. The summed E-state index contributed by atoms with van der Waals surface area (Å²) >= 11 is 0. The van der Waals surface area contributed by atoms with Gasteiger partial charge >= 0.3 is 0 Å². The number of amides is 1. The third-order valence-electron chi connectivity index (χ3n) is 4.59. The number of benzene rings is 2. The van der Waals surface area contributed by atoms with Crippen LogP contribution in [0.5, 0.6) is 5.75 Å². The molecule has 0 atom stereocenters. The van der Waals surface area contributed by atoms with Crippen LogP contribution < -0.4 is 14.8 Å². The number of hydrogen-bond donors (Lipinski definition) is 2. The first-order valence-electron chi connectivity index (χ1n) is 10.0. The van der Waals surface area contributed by atoms with Crippen molar-refractivity contribution in [2.45, 2.75) is 36.5 Å². The summed E-state index contributed by atoms with van der Waals surface area (Å²) in [4.78, 5) is 12.5. The fraction of sp³-hybridized carbons (Fsp3) is 0.381. The van der Waals surface area contributed by atoms with Crippen LogP contribution in [0.2, 0.25) is 0 Å². The lowest BCUT2D eigenvalue weighted by atomic mass is 10.2. The summed E-state index contributed by atoms with van der Waals surface area (Å²) < 4.78 is 58.0. The molecule has 0 fully saturated rings. The molecule has 2 aromatic carbocycles. The Morgan fingerprint density at radius 1 is 1.00 bits per heavy atom. The van der Waals surface area contributed by atoms with Gasteiger partial charge in [0.1, 0.15) is 5.75 Å². The van der Waals surface area contributed by atoms with Gasteiger partial charge in [0, 0.05) is 26.3 Å². The van der Waals surface area contributed by atoms with Gasteiger partial charge in [-0.1, -0.05) is 19.4 Å². The van der Waals surface area contributed by atoms with Gasteiger partial charge in [0.25, 0.3) is 5.91 Å². The summed E-state index contributed by atoms with van der Waals surface area (Å²) in [5.74, 6) is -0.154. The van der Waals surface area contributed by atoms with E-state index in [4.69, 9.17) is 4.74 Å². The standard InChI is InChI=1S/C21H29N3O6S2/c1-5-6-13-22-31(26,27)18-11-8-17(9-12-18)30-15-21(25)23-20-14-19(10-7-16(20)2)32(28,29)24(3)4/h7-12,14,22H,5-6,13,15H2,1-4H3,(H,23,25). The number of hydrogen-bond acceptors (Lipinski definition) is 6. The van der Waals surface area contributed by atoms with Crippen LogP contribution >= 0.6 is 0 Å². The molecule has 2 aromatic rings. The number of nitrogens with zero attached hydrogens (tertiary/aromatic N) is 1. The molecule has 0 radical (unpaired) electrons. The molecule has 0 aliphatic heterocycles. The third-order valence-corrected chi connectivity index (χ3v) is 7.88. The molecule has 176 valence electrons. The van der Waals surface area contributed by atoms with Gasteiger partial charge in [-0.25, -0.2) is 25.9 Å². The van der Waals surface area contributed by atoms with Gasteiger partial charge < -0.3 is 10.1 Å². The van der Waals surface area contributed by atoms with E-state index in [1.165, 1.54) is 50.5 Å². The number of nitrogens with one attached hydrogen (secondary N) is 2. The number of rotatable bonds is 11. The molecule has 0 unspecified atom stereocenters. The monoisotopic (exact) mass is 483 g/mol. The fourth-order valence-electron chi connectivity index (χ4n) is 2.62. The quantitative estimate of drug-likeness (QED) is 0.473. The highest BCUT2D eigenvalue weighted by molar-refractivity contribution is 7.89. The molecule has 2 N–H and O–H groups in total. The second-order valence-electron chi connectivity index (χ2n) is 7.32. The summed E-state index contributed by atoms with van der Waals surface area (Å²) in [5, 5.41) is 2.64. The van der Waals surface area contributed by atoms with Crippen LogP contribution in [0.1, 0.15) is 25.3 Å². The van der Waals surface area contributed by atoms with E-state index >= 15 is 0 Å². The van der Waals surface area contributed by atoms with Crippen molar-refractivity contribution in [3.63, 3.8) is 0 Å². The zero-order valence-corrected chi connectivity index (χ0v) is 20.2. The van der Waals surface area contributed by atoms with Crippen molar-refractivity contribution in [3.8, 4) is 5.75 Å². The van der Waals surface area contributed by atoms with E-state index in [-0.39, 0.29) is 16.4 Å². The van der Waals surface area contributed by atoms with Gasteiger partial charge in [-0.3, -0.25) is 4.79 Å². The van der Waals surface area contributed by atoms with E-state index in [9.17, 15) is 21.6 Å². The van der Waals surface area contributed by atoms with E-state index in [1.807, 2.05) is 6.92 Å². The van der Waals surface area contributed by atoms with Crippen LogP contribution in [0.4, 0.5) is 5.69 Å². The van der Waals surface area contributed by atoms with Crippen molar-refractivity contribution in [3.05, 3.63) is 48.0 Å². The fourth-order valence-corrected chi connectivity index (χ4v) is 4.63. The van der Waals surface area contributed by atoms with E-state index in [0.29, 0.717) is 23.5 Å². The van der Waals surface area contributed by atoms with Crippen LogP contribution in [-0.2, 0) is 24.8 Å². The highest BCUT2D eigenvalue weighted by Gasteiger charge is 2.19. The van der Waals surface area contributed by atoms with Crippen LogP contribution in [0.25, 0.3) is 0 Å². The molecule has 11 heteroatoms. The molecule has 2 rings (SSSR count). The first-order chi connectivity index (χ1) is 15.0. The minimum Gasteiger partial charge on any atom is -0.484 e. The van der Waals surface area contributed by atoms with Crippen LogP contribution in [0.3, 0.4) is 0 Å². The molecule has 9 nitrogen and oxygen atoms in total. The van der Waals surface area contributed by atoms with Crippen molar-refractivity contribution < 1.29 is 26.4 Å². The summed E-state index contributed by atoms with van der Waals surface area (Å²) in [7, 11) is -4.36. The predicted octanol–water partition coefficient (Wildman–Crippen LogP) is 2.34. The number of anilines is 1. The largest absolute Gasteiger partial charge is 0.484 e. The highest BCUT2D eigenvalue weighted by Crippen LogP contribution is 2.22. The SMILES string of the molecule is CCCCNS(=O)(=O)c1ccc(OCC(=O)Nc2cc(S(=O)(=O)N(C)C)ccc2C)cc1. The average Bonchev–Trinajstić information content (AvgIpc) is 2.74. The second-order valence-corrected chi connectivity index (χ2v) is 11.2. The number of ether oxygens (including phenoxy) is 1. The van der Waals surface area contributed by atoms with Gasteiger partial charge in [-0.15, -0.1) is 0 Å². The Balaban J connectivity index is 2.00. The molecule has 0 aromatic heterocycles. The van der Waals surface area contributed by atoms with E-state index < -0.39 is 26.0 Å². The number of sulfonamides is 2. The maximum Gasteiger partial charge on any atom is 0.262 e. The Kier molecular flexibility index (Phi) is 8.79. The molecule has 0 spiro atoms. The molecule has 0 aliphatic carbocycles. The Morgan fingerprint density at radius 2 is 1.62 bits per heavy atom. The summed E-state index contributed by atoms with van der Waals surface area (Å²) in [6.07, 6.45) is 1.63. The lowest BCUT2D eigenvalue weighted by Gasteiger charge is -2.14. The zero-order valence-electron chi connectivity index (χ0n) is 18.6. The molecule has 0 saturated carbocycles. The number of carbonyl (C=O) groups is 1. The Bertz CT molecular complexity index is 1140. The topological polar surface area (TPSA) is 122 Å². The lowest BCUT2D eigenvalue weighted by molar-refractivity contribution is -0.118. The lowest BCUT2D eigenvalue weighted by Crippen LogP contribution is -2.24. The molecule has 32 heavy (non-hydrogen) atoms. The first-order valence-corrected chi connectivity index (χ1v) is 12.9. The molecule has 0 aliphatic rings. The second kappa shape index (κ2) is 10.9. The van der Waals surface area contributed by atoms with Gasteiger partial charge in [0.05, 0.1) is 9.79 Å². The summed E-state index contributed by atoms with van der Waals surface area (Å²) in [5.41, 5.74) is 1.06. The molecule has 0 heterocycles. The van der Waals surface area contributed by atoms with Gasteiger partial charge in [-0.2, -0.15) is 0 Å². The van der Waals surface area contributed by atoms with Gasteiger partial charge in [0.15, 0.2) is 6.61 Å². The molecule has 0 saturated heterocycles.